The minimum absolute atomic E-state index is 0.0272. The van der Waals surface area contributed by atoms with Crippen molar-refractivity contribution < 1.29 is 22.7 Å². The van der Waals surface area contributed by atoms with Gasteiger partial charge in [-0.2, -0.15) is 28.4 Å². The third-order valence-electron chi connectivity index (χ3n) is 3.83. The summed E-state index contributed by atoms with van der Waals surface area (Å²) in [5.74, 6) is -0.930. The summed E-state index contributed by atoms with van der Waals surface area (Å²) in [6.45, 7) is 0.141. The number of carbonyl (C=O) groups is 1. The minimum atomic E-state index is -4.54. The smallest absolute Gasteiger partial charge is 0.416 e. The zero-order valence-electron chi connectivity index (χ0n) is 16.4. The van der Waals surface area contributed by atoms with Crippen LogP contribution in [0.2, 0.25) is 0 Å². The molecule has 0 aliphatic carbocycles. The second-order valence-electron chi connectivity index (χ2n) is 6.45. The molecule has 160 valence electrons. The second kappa shape index (κ2) is 9.27. The molecular weight excluding hydrogens is 403 g/mol. The highest BCUT2D eigenvalue weighted by atomic mass is 19.4. The number of nitrogens with two attached hydrogens (primary N) is 1. The number of rotatable bonds is 7. The van der Waals surface area contributed by atoms with Gasteiger partial charge in [-0.3, -0.25) is 4.79 Å². The normalized spacial score (nSPS) is 12.2. The van der Waals surface area contributed by atoms with E-state index < -0.39 is 23.7 Å². The molecule has 1 aromatic heterocycles. The van der Waals surface area contributed by atoms with E-state index in [9.17, 15) is 23.2 Å². The standard InChI is InChI=1S/C18H20F3N7O2/c1-28(2)9-13(25-14-12(8-22)16(30-3)27-17(23)26-14)15(29)24-11-6-4-5-10(7-11)18(19,20)21/h4-7,13H,9H2,1-3H3,(H,24,29)(H3,23,25,26,27)/t13-/m0/s1. The topological polar surface area (TPSA) is 129 Å². The number of benzene rings is 1. The number of nitrogens with zero attached hydrogens (tertiary/aromatic N) is 4. The molecule has 9 nitrogen and oxygen atoms in total. The Kier molecular flexibility index (Phi) is 7.01. The summed E-state index contributed by atoms with van der Waals surface area (Å²) >= 11 is 0. The number of hydrogen-bond donors (Lipinski definition) is 3. The van der Waals surface area contributed by atoms with Crippen LogP contribution in [0.3, 0.4) is 0 Å². The first-order valence-electron chi connectivity index (χ1n) is 8.56. The van der Waals surface area contributed by atoms with Crippen LogP contribution in [0.1, 0.15) is 11.1 Å². The second-order valence-corrected chi connectivity index (χ2v) is 6.45. The SMILES string of the molecule is COc1nc(N)nc(N[C@@H](CN(C)C)C(=O)Nc2cccc(C(F)(F)F)c2)c1C#N. The van der Waals surface area contributed by atoms with Gasteiger partial charge in [-0.1, -0.05) is 6.07 Å². The van der Waals surface area contributed by atoms with Gasteiger partial charge in [0.05, 0.1) is 12.7 Å². The molecule has 0 bridgehead atoms. The number of nitrogens with one attached hydrogen (secondary N) is 2. The molecule has 30 heavy (non-hydrogen) atoms. The van der Waals surface area contributed by atoms with Gasteiger partial charge in [0.2, 0.25) is 17.7 Å². The lowest BCUT2D eigenvalue weighted by atomic mass is 10.1. The number of halogens is 3. The van der Waals surface area contributed by atoms with Gasteiger partial charge in [-0.15, -0.1) is 0 Å². The Balaban J connectivity index is 2.32. The third kappa shape index (κ3) is 5.71. The van der Waals surface area contributed by atoms with Crippen LogP contribution in [0.5, 0.6) is 5.88 Å². The van der Waals surface area contributed by atoms with Gasteiger partial charge in [-0.05, 0) is 32.3 Å². The van der Waals surface area contributed by atoms with Crippen molar-refractivity contribution in [2.45, 2.75) is 12.2 Å². The van der Waals surface area contributed by atoms with E-state index in [4.69, 9.17) is 10.5 Å². The number of amides is 1. The Bertz CT molecular complexity index is 958. The molecule has 0 unspecified atom stereocenters. The van der Waals surface area contributed by atoms with Crippen molar-refractivity contribution >= 4 is 23.4 Å². The molecule has 0 fully saturated rings. The maximum absolute atomic E-state index is 12.9. The van der Waals surface area contributed by atoms with E-state index in [2.05, 4.69) is 20.6 Å². The highest BCUT2D eigenvalue weighted by molar-refractivity contribution is 5.97. The van der Waals surface area contributed by atoms with Gasteiger partial charge in [0.25, 0.3) is 0 Å². The number of hydrogen-bond acceptors (Lipinski definition) is 8. The molecule has 2 aromatic rings. The Labute approximate surface area is 170 Å². The maximum Gasteiger partial charge on any atom is 0.416 e. The average molecular weight is 423 g/mol. The van der Waals surface area contributed by atoms with Crippen molar-refractivity contribution in [2.24, 2.45) is 0 Å². The van der Waals surface area contributed by atoms with Crippen molar-refractivity contribution in [3.8, 4) is 11.9 Å². The van der Waals surface area contributed by atoms with E-state index in [0.29, 0.717) is 0 Å². The van der Waals surface area contributed by atoms with E-state index in [1.54, 1.807) is 19.0 Å². The summed E-state index contributed by atoms with van der Waals surface area (Å²) in [5.41, 5.74) is 4.64. The van der Waals surface area contributed by atoms with Crippen molar-refractivity contribution in [3.05, 3.63) is 35.4 Å². The predicted molar refractivity (Wildman–Crippen MR) is 104 cm³/mol. The highest BCUT2D eigenvalue weighted by Crippen LogP contribution is 2.30. The van der Waals surface area contributed by atoms with E-state index >= 15 is 0 Å². The van der Waals surface area contributed by atoms with Crippen molar-refractivity contribution in [1.29, 1.82) is 5.26 Å². The van der Waals surface area contributed by atoms with E-state index in [-0.39, 0.29) is 35.4 Å². The molecule has 1 aromatic carbocycles. The van der Waals surface area contributed by atoms with Crippen LogP contribution >= 0.6 is 0 Å². The first-order chi connectivity index (χ1) is 14.0. The van der Waals surface area contributed by atoms with Gasteiger partial charge < -0.3 is 26.0 Å². The fourth-order valence-electron chi connectivity index (χ4n) is 2.54. The molecule has 0 saturated heterocycles. The summed E-state index contributed by atoms with van der Waals surface area (Å²) < 4.78 is 43.8. The summed E-state index contributed by atoms with van der Waals surface area (Å²) in [6, 6.07) is 5.15. The Hall–Kier alpha value is -3.59. The number of likely N-dealkylation sites (N-methyl/N-ethyl adjacent to an activating group) is 1. The van der Waals surface area contributed by atoms with Crippen LogP contribution < -0.4 is 21.1 Å². The lowest BCUT2D eigenvalue weighted by Crippen LogP contribution is -2.42. The molecule has 1 heterocycles. The first-order valence-corrected chi connectivity index (χ1v) is 8.56. The molecule has 0 aliphatic rings. The summed E-state index contributed by atoms with van der Waals surface area (Å²) in [5, 5.41) is 14.6. The van der Waals surface area contributed by atoms with Crippen LogP contribution in [0, 0.1) is 11.3 Å². The number of alkyl halides is 3. The van der Waals surface area contributed by atoms with E-state index in [0.717, 1.165) is 12.1 Å². The monoisotopic (exact) mass is 423 g/mol. The van der Waals surface area contributed by atoms with Gasteiger partial charge in [0, 0.05) is 12.2 Å². The van der Waals surface area contributed by atoms with Crippen LogP contribution in [0.15, 0.2) is 24.3 Å². The molecule has 4 N–H and O–H groups in total. The molecule has 0 saturated carbocycles. The summed E-state index contributed by atoms with van der Waals surface area (Å²) in [4.78, 5) is 22.2. The molecule has 0 radical (unpaired) electrons. The number of nitriles is 1. The Morgan fingerprint density at radius 1 is 1.37 bits per heavy atom. The number of methoxy groups -OCH3 is 1. The minimum Gasteiger partial charge on any atom is -0.480 e. The van der Waals surface area contributed by atoms with Gasteiger partial charge >= 0.3 is 6.18 Å². The predicted octanol–water partition coefficient (Wildman–Crippen LogP) is 1.94. The van der Waals surface area contributed by atoms with E-state index in [1.807, 2.05) is 6.07 Å². The molecule has 1 atom stereocenters. The molecular formula is C18H20F3N7O2. The average Bonchev–Trinajstić information content (AvgIpc) is 2.66. The number of aromatic nitrogens is 2. The maximum atomic E-state index is 12.9. The summed E-state index contributed by atoms with van der Waals surface area (Å²) in [6.07, 6.45) is -4.54. The lowest BCUT2D eigenvalue weighted by molar-refractivity contribution is -0.137. The van der Waals surface area contributed by atoms with E-state index in [1.165, 1.54) is 19.2 Å². The van der Waals surface area contributed by atoms with Gasteiger partial charge in [0.15, 0.2) is 11.4 Å². The van der Waals surface area contributed by atoms with Crippen molar-refractivity contribution in [2.75, 3.05) is 44.1 Å². The fraction of sp³-hybridized carbons (Fsp3) is 0.333. The Morgan fingerprint density at radius 2 is 2.07 bits per heavy atom. The number of carbonyl (C=O) groups excluding carboxylic acids is 1. The molecule has 0 aliphatic heterocycles. The molecule has 0 spiro atoms. The van der Waals surface area contributed by atoms with Crippen LogP contribution in [0.4, 0.5) is 30.6 Å². The van der Waals surface area contributed by atoms with Gasteiger partial charge in [-0.25, -0.2) is 0 Å². The third-order valence-corrected chi connectivity index (χ3v) is 3.83. The summed E-state index contributed by atoms with van der Waals surface area (Å²) in [7, 11) is 4.70. The Morgan fingerprint density at radius 3 is 2.63 bits per heavy atom. The lowest BCUT2D eigenvalue weighted by Gasteiger charge is -2.23. The van der Waals surface area contributed by atoms with Crippen molar-refractivity contribution in [3.63, 3.8) is 0 Å². The van der Waals surface area contributed by atoms with Crippen LogP contribution in [-0.2, 0) is 11.0 Å². The molecule has 1 amide bonds. The number of nitrogen functional groups attached to an aromatic ring is 1. The molecule has 12 heteroatoms. The van der Waals surface area contributed by atoms with Gasteiger partial charge in [0.1, 0.15) is 12.1 Å². The van der Waals surface area contributed by atoms with Crippen LogP contribution in [-0.4, -0.2) is 54.6 Å². The fourth-order valence-corrected chi connectivity index (χ4v) is 2.54. The highest BCUT2D eigenvalue weighted by Gasteiger charge is 2.31. The number of ether oxygens (including phenoxy) is 1. The zero-order chi connectivity index (χ0) is 22.5. The largest absolute Gasteiger partial charge is 0.480 e. The quantitative estimate of drug-likeness (QED) is 0.616. The van der Waals surface area contributed by atoms with Crippen molar-refractivity contribution in [1.82, 2.24) is 14.9 Å². The molecule has 2 rings (SSSR count). The van der Waals surface area contributed by atoms with Crippen LogP contribution in [0.25, 0.3) is 0 Å². The zero-order valence-corrected chi connectivity index (χ0v) is 16.4. The number of anilines is 3. The first kappa shape index (κ1) is 22.7.